The smallest absolute Gasteiger partial charge is 0.0587 e. The summed E-state index contributed by atoms with van der Waals surface area (Å²) in [5.74, 6) is 3.18. The zero-order valence-corrected chi connectivity index (χ0v) is 12.5. The van der Waals surface area contributed by atoms with Gasteiger partial charge in [0.2, 0.25) is 0 Å². The Bertz CT molecular complexity index is 255. The van der Waals surface area contributed by atoms with Crippen molar-refractivity contribution in [1.29, 1.82) is 0 Å². The molecule has 0 saturated heterocycles. The number of ether oxygens (including phenoxy) is 1. The summed E-state index contributed by atoms with van der Waals surface area (Å²) in [5.41, 5.74) is 0.489. The lowest BCUT2D eigenvalue weighted by Gasteiger charge is -2.34. The predicted octanol–water partition coefficient (Wildman–Crippen LogP) is 3.47. The molecular weight excluding hydrogens is 222 g/mol. The van der Waals surface area contributed by atoms with E-state index in [1.165, 1.54) is 32.1 Å². The van der Waals surface area contributed by atoms with Gasteiger partial charge >= 0.3 is 0 Å². The monoisotopic (exact) mass is 253 g/mol. The molecule has 1 N–H and O–H groups in total. The van der Waals surface area contributed by atoms with E-state index in [2.05, 4.69) is 19.2 Å². The lowest BCUT2D eigenvalue weighted by Crippen LogP contribution is -2.35. The number of fused-ring (bicyclic) bond motifs is 2. The molecule has 2 saturated carbocycles. The van der Waals surface area contributed by atoms with Gasteiger partial charge in [-0.1, -0.05) is 20.3 Å². The Morgan fingerprint density at radius 1 is 1.28 bits per heavy atom. The number of rotatable bonds is 8. The molecule has 0 amide bonds. The van der Waals surface area contributed by atoms with Crippen LogP contribution in [0.1, 0.15) is 52.4 Å². The average molecular weight is 253 g/mol. The number of methoxy groups -OCH3 is 1. The van der Waals surface area contributed by atoms with Gasteiger partial charge in [0.1, 0.15) is 0 Å². The molecule has 2 aliphatic rings. The molecule has 0 aliphatic heterocycles. The molecule has 0 radical (unpaired) electrons. The first-order chi connectivity index (χ1) is 8.67. The molecule has 4 unspecified atom stereocenters. The standard InChI is InChI=1S/C16H31NO/c1-4-16(2,12-17-7-8-18-3)11-15-10-13-5-6-14(15)9-13/h13-15,17H,4-12H2,1-3H3. The second-order valence-electron chi connectivity index (χ2n) is 6.97. The molecule has 0 aromatic rings. The molecule has 0 heterocycles. The largest absolute Gasteiger partial charge is 0.383 e. The minimum Gasteiger partial charge on any atom is -0.383 e. The van der Waals surface area contributed by atoms with E-state index in [4.69, 9.17) is 4.74 Å². The van der Waals surface area contributed by atoms with Gasteiger partial charge in [-0.25, -0.2) is 0 Å². The number of hydrogen-bond donors (Lipinski definition) is 1. The van der Waals surface area contributed by atoms with Gasteiger partial charge in [0, 0.05) is 20.2 Å². The molecule has 2 bridgehead atoms. The van der Waals surface area contributed by atoms with E-state index < -0.39 is 0 Å². The van der Waals surface area contributed by atoms with Crippen molar-refractivity contribution in [3.05, 3.63) is 0 Å². The third-order valence-electron chi connectivity index (χ3n) is 5.53. The molecule has 2 nitrogen and oxygen atoms in total. The summed E-state index contributed by atoms with van der Waals surface area (Å²) in [4.78, 5) is 0. The molecule has 2 fully saturated rings. The fourth-order valence-electron chi connectivity index (χ4n) is 4.17. The van der Waals surface area contributed by atoms with Crippen LogP contribution in [-0.4, -0.2) is 26.8 Å². The van der Waals surface area contributed by atoms with Gasteiger partial charge in [-0.05, 0) is 55.3 Å². The highest BCUT2D eigenvalue weighted by molar-refractivity contribution is 4.93. The average Bonchev–Trinajstić information content (AvgIpc) is 2.97. The number of nitrogens with one attached hydrogen (secondary N) is 1. The maximum Gasteiger partial charge on any atom is 0.0587 e. The fraction of sp³-hybridized carbons (Fsp3) is 1.00. The zero-order chi connectivity index (χ0) is 13.0. The van der Waals surface area contributed by atoms with E-state index in [1.54, 1.807) is 13.5 Å². The lowest BCUT2D eigenvalue weighted by molar-refractivity contribution is 0.164. The molecular formula is C16H31NO. The normalized spacial score (nSPS) is 33.8. The highest BCUT2D eigenvalue weighted by atomic mass is 16.5. The number of hydrogen-bond acceptors (Lipinski definition) is 2. The van der Waals surface area contributed by atoms with Crippen LogP contribution in [0.4, 0.5) is 0 Å². The van der Waals surface area contributed by atoms with Crippen molar-refractivity contribution >= 4 is 0 Å². The second kappa shape index (κ2) is 6.38. The van der Waals surface area contributed by atoms with Crippen molar-refractivity contribution in [3.63, 3.8) is 0 Å². The van der Waals surface area contributed by atoms with Gasteiger partial charge in [0.05, 0.1) is 6.61 Å². The topological polar surface area (TPSA) is 21.3 Å². The van der Waals surface area contributed by atoms with E-state index >= 15 is 0 Å². The maximum absolute atomic E-state index is 5.10. The van der Waals surface area contributed by atoms with Crippen LogP contribution in [0.3, 0.4) is 0 Å². The van der Waals surface area contributed by atoms with Gasteiger partial charge in [-0.3, -0.25) is 0 Å². The van der Waals surface area contributed by atoms with Crippen LogP contribution < -0.4 is 5.32 Å². The van der Waals surface area contributed by atoms with Crippen molar-refractivity contribution in [3.8, 4) is 0 Å². The summed E-state index contributed by atoms with van der Waals surface area (Å²) in [5, 5.41) is 3.57. The van der Waals surface area contributed by atoms with E-state index in [-0.39, 0.29) is 0 Å². The first-order valence-corrected chi connectivity index (χ1v) is 7.86. The van der Waals surface area contributed by atoms with Crippen molar-refractivity contribution in [2.24, 2.45) is 23.2 Å². The van der Waals surface area contributed by atoms with Gasteiger partial charge in [-0.15, -0.1) is 0 Å². The van der Waals surface area contributed by atoms with Crippen LogP contribution in [0.25, 0.3) is 0 Å². The molecule has 18 heavy (non-hydrogen) atoms. The van der Waals surface area contributed by atoms with Gasteiger partial charge < -0.3 is 10.1 Å². The Kier molecular flexibility index (Phi) is 5.08. The molecule has 2 heteroatoms. The van der Waals surface area contributed by atoms with Crippen LogP contribution in [0.2, 0.25) is 0 Å². The first-order valence-electron chi connectivity index (χ1n) is 7.86. The minimum absolute atomic E-state index is 0.489. The van der Waals surface area contributed by atoms with Crippen molar-refractivity contribution < 1.29 is 4.74 Å². The summed E-state index contributed by atoms with van der Waals surface area (Å²) >= 11 is 0. The predicted molar refractivity (Wildman–Crippen MR) is 76.7 cm³/mol. The molecule has 2 aliphatic carbocycles. The van der Waals surface area contributed by atoms with Gasteiger partial charge in [0.25, 0.3) is 0 Å². The molecule has 0 aromatic carbocycles. The van der Waals surface area contributed by atoms with Crippen LogP contribution in [0.15, 0.2) is 0 Å². The van der Waals surface area contributed by atoms with Gasteiger partial charge in [0.15, 0.2) is 0 Å². The fourth-order valence-corrected chi connectivity index (χ4v) is 4.17. The van der Waals surface area contributed by atoms with E-state index in [0.717, 1.165) is 37.5 Å². The van der Waals surface area contributed by atoms with E-state index in [0.29, 0.717) is 5.41 Å². The van der Waals surface area contributed by atoms with Crippen LogP contribution in [0.5, 0.6) is 0 Å². The summed E-state index contributed by atoms with van der Waals surface area (Å²) < 4.78 is 5.10. The van der Waals surface area contributed by atoms with Crippen molar-refractivity contribution in [2.75, 3.05) is 26.8 Å². The Morgan fingerprint density at radius 3 is 2.67 bits per heavy atom. The third-order valence-corrected chi connectivity index (χ3v) is 5.53. The Hall–Kier alpha value is -0.0800. The lowest BCUT2D eigenvalue weighted by atomic mass is 9.73. The highest BCUT2D eigenvalue weighted by Gasteiger charge is 2.41. The Labute approximate surface area is 113 Å². The van der Waals surface area contributed by atoms with Crippen LogP contribution >= 0.6 is 0 Å². The van der Waals surface area contributed by atoms with Crippen molar-refractivity contribution in [2.45, 2.75) is 52.4 Å². The first kappa shape index (κ1) is 14.3. The van der Waals surface area contributed by atoms with Gasteiger partial charge in [-0.2, -0.15) is 0 Å². The van der Waals surface area contributed by atoms with Crippen molar-refractivity contribution in [1.82, 2.24) is 5.32 Å². The third kappa shape index (κ3) is 3.48. The molecule has 0 aromatic heterocycles. The highest BCUT2D eigenvalue weighted by Crippen LogP contribution is 2.52. The van der Waals surface area contributed by atoms with Crippen LogP contribution in [0, 0.1) is 23.2 Å². The van der Waals surface area contributed by atoms with Crippen LogP contribution in [-0.2, 0) is 4.74 Å². The quantitative estimate of drug-likeness (QED) is 0.669. The summed E-state index contributed by atoms with van der Waals surface area (Å²) in [6.45, 7) is 7.79. The Balaban J connectivity index is 1.76. The van der Waals surface area contributed by atoms with E-state index in [9.17, 15) is 0 Å². The second-order valence-corrected chi connectivity index (χ2v) is 6.97. The SMILES string of the molecule is CCC(C)(CNCCOC)CC1CC2CCC1C2. The molecule has 4 atom stereocenters. The molecule has 106 valence electrons. The molecule has 0 spiro atoms. The zero-order valence-electron chi connectivity index (χ0n) is 12.5. The summed E-state index contributed by atoms with van der Waals surface area (Å²) in [7, 11) is 1.77. The molecule has 2 rings (SSSR count). The Morgan fingerprint density at radius 2 is 2.11 bits per heavy atom. The minimum atomic E-state index is 0.489. The summed E-state index contributed by atoms with van der Waals surface area (Å²) in [6, 6.07) is 0. The summed E-state index contributed by atoms with van der Waals surface area (Å²) in [6.07, 6.45) is 8.84. The maximum atomic E-state index is 5.10. The van der Waals surface area contributed by atoms with E-state index in [1.807, 2.05) is 0 Å².